The number of hydrogen-bond donors (Lipinski definition) is 0. The molecule has 0 spiro atoms. The van der Waals surface area contributed by atoms with Gasteiger partial charge in [-0.15, -0.1) is 0 Å². The molecular weight excluding hydrogens is 243 g/mol. The summed E-state index contributed by atoms with van der Waals surface area (Å²) in [6.07, 6.45) is 2.14. The number of hydrogen-bond acceptors (Lipinski definition) is 3. The molecule has 0 N–H and O–H groups in total. The molecule has 1 aromatic rings. The van der Waals surface area contributed by atoms with Crippen molar-refractivity contribution in [2.45, 2.75) is 25.8 Å². The molecule has 1 heterocycles. The first kappa shape index (κ1) is 14.0. The zero-order valence-electron chi connectivity index (χ0n) is 11.8. The van der Waals surface area contributed by atoms with Crippen molar-refractivity contribution in [3.63, 3.8) is 0 Å². The van der Waals surface area contributed by atoms with Crippen LogP contribution < -0.4 is 4.90 Å². The lowest BCUT2D eigenvalue weighted by Gasteiger charge is -2.38. The number of ketones is 1. The lowest BCUT2D eigenvalue weighted by Crippen LogP contribution is -2.45. The first-order valence-corrected chi connectivity index (χ1v) is 6.71. The summed E-state index contributed by atoms with van der Waals surface area (Å²) in [7, 11) is 4.09. The van der Waals surface area contributed by atoms with Gasteiger partial charge >= 0.3 is 0 Å². The van der Waals surface area contributed by atoms with Crippen LogP contribution in [0.4, 0.5) is 10.1 Å². The maximum Gasteiger partial charge on any atom is 0.161 e. The van der Waals surface area contributed by atoms with E-state index >= 15 is 0 Å². The third-order valence-electron chi connectivity index (χ3n) is 3.81. The number of carbonyl (C=O) groups is 1. The van der Waals surface area contributed by atoms with Crippen molar-refractivity contribution in [3.05, 3.63) is 29.6 Å². The first-order chi connectivity index (χ1) is 9.00. The molecule has 0 radical (unpaired) electrons. The van der Waals surface area contributed by atoms with Crippen molar-refractivity contribution in [2.75, 3.05) is 32.1 Å². The van der Waals surface area contributed by atoms with Gasteiger partial charge in [0.15, 0.2) is 5.78 Å². The standard InChI is InChI=1S/C15H21FN2O/c1-11(19)13-7-4-8-14(16)15(13)18-9-5-6-12(10-18)17(2)3/h4,7-8,12H,5-6,9-10H2,1-3H3. The molecule has 19 heavy (non-hydrogen) atoms. The van der Waals surface area contributed by atoms with Gasteiger partial charge in [-0.25, -0.2) is 4.39 Å². The van der Waals surface area contributed by atoms with Gasteiger partial charge in [0.1, 0.15) is 5.82 Å². The maximum absolute atomic E-state index is 14.1. The van der Waals surface area contributed by atoms with Crippen molar-refractivity contribution >= 4 is 11.5 Å². The van der Waals surface area contributed by atoms with Gasteiger partial charge in [0.2, 0.25) is 0 Å². The molecule has 1 fully saturated rings. The van der Waals surface area contributed by atoms with Crippen LogP contribution in [0, 0.1) is 5.82 Å². The maximum atomic E-state index is 14.1. The molecule has 0 aromatic heterocycles. The van der Waals surface area contributed by atoms with E-state index in [9.17, 15) is 9.18 Å². The third-order valence-corrected chi connectivity index (χ3v) is 3.81. The summed E-state index contributed by atoms with van der Waals surface area (Å²) in [6.45, 7) is 3.07. The Hall–Kier alpha value is -1.42. The predicted octanol–water partition coefficient (Wildman–Crippen LogP) is 2.56. The van der Waals surface area contributed by atoms with Gasteiger partial charge in [-0.1, -0.05) is 6.07 Å². The number of halogens is 1. The summed E-state index contributed by atoms with van der Waals surface area (Å²) in [5, 5.41) is 0. The molecule has 0 bridgehead atoms. The van der Waals surface area contributed by atoms with E-state index in [1.165, 1.54) is 13.0 Å². The van der Waals surface area contributed by atoms with Gasteiger partial charge in [-0.3, -0.25) is 4.79 Å². The molecule has 0 amide bonds. The monoisotopic (exact) mass is 264 g/mol. The molecule has 4 heteroatoms. The van der Waals surface area contributed by atoms with Gasteiger partial charge < -0.3 is 9.80 Å². The fourth-order valence-corrected chi connectivity index (χ4v) is 2.70. The number of carbonyl (C=O) groups excluding carboxylic acids is 1. The molecule has 3 nitrogen and oxygen atoms in total. The Bertz CT molecular complexity index is 473. The van der Waals surface area contributed by atoms with Crippen molar-refractivity contribution < 1.29 is 9.18 Å². The van der Waals surface area contributed by atoms with Crippen LogP contribution in [0.1, 0.15) is 30.1 Å². The number of rotatable bonds is 3. The van der Waals surface area contributed by atoms with E-state index in [-0.39, 0.29) is 11.6 Å². The SMILES string of the molecule is CC(=O)c1cccc(F)c1N1CCCC(N(C)C)C1. The zero-order chi connectivity index (χ0) is 14.0. The number of piperidine rings is 1. The zero-order valence-corrected chi connectivity index (χ0v) is 11.8. The average Bonchev–Trinajstić information content (AvgIpc) is 2.38. The number of nitrogens with zero attached hydrogens (tertiary/aromatic N) is 2. The highest BCUT2D eigenvalue weighted by Crippen LogP contribution is 2.28. The van der Waals surface area contributed by atoms with E-state index < -0.39 is 0 Å². The van der Waals surface area contributed by atoms with E-state index in [4.69, 9.17) is 0 Å². The minimum atomic E-state index is -0.299. The lowest BCUT2D eigenvalue weighted by molar-refractivity contribution is 0.101. The highest BCUT2D eigenvalue weighted by atomic mass is 19.1. The van der Waals surface area contributed by atoms with Crippen LogP contribution in [0.25, 0.3) is 0 Å². The van der Waals surface area contributed by atoms with E-state index in [1.54, 1.807) is 12.1 Å². The average molecular weight is 264 g/mol. The molecule has 1 unspecified atom stereocenters. The molecule has 0 saturated carbocycles. The topological polar surface area (TPSA) is 23.6 Å². The Kier molecular flexibility index (Phi) is 4.20. The van der Waals surface area contributed by atoms with Crippen molar-refractivity contribution in [3.8, 4) is 0 Å². The van der Waals surface area contributed by atoms with Crippen LogP contribution >= 0.6 is 0 Å². The number of Topliss-reactive ketones (excluding diaryl/α,β-unsaturated/α-hetero) is 1. The van der Waals surface area contributed by atoms with E-state index in [2.05, 4.69) is 4.90 Å². The molecule has 1 saturated heterocycles. The minimum Gasteiger partial charge on any atom is -0.367 e. The molecular formula is C15H21FN2O. The molecule has 0 aliphatic carbocycles. The number of benzene rings is 1. The van der Waals surface area contributed by atoms with Gasteiger partial charge in [0, 0.05) is 24.7 Å². The summed E-state index contributed by atoms with van der Waals surface area (Å²) < 4.78 is 14.1. The first-order valence-electron chi connectivity index (χ1n) is 6.71. The molecule has 1 aliphatic rings. The predicted molar refractivity (Wildman–Crippen MR) is 75.3 cm³/mol. The van der Waals surface area contributed by atoms with E-state index in [0.717, 1.165) is 25.9 Å². The van der Waals surface area contributed by atoms with E-state index in [0.29, 0.717) is 17.3 Å². The van der Waals surface area contributed by atoms with Crippen LogP contribution in [0.15, 0.2) is 18.2 Å². The second-order valence-electron chi connectivity index (χ2n) is 5.40. The minimum absolute atomic E-state index is 0.0820. The van der Waals surface area contributed by atoms with Crippen molar-refractivity contribution in [1.82, 2.24) is 4.90 Å². The Morgan fingerprint density at radius 2 is 2.16 bits per heavy atom. The Morgan fingerprint density at radius 3 is 2.79 bits per heavy atom. The van der Waals surface area contributed by atoms with Crippen LogP contribution in [-0.4, -0.2) is 43.9 Å². The smallest absolute Gasteiger partial charge is 0.161 e. The molecule has 2 rings (SSSR count). The summed E-state index contributed by atoms with van der Waals surface area (Å²) in [5.74, 6) is -0.381. The quantitative estimate of drug-likeness (QED) is 0.784. The number of para-hydroxylation sites is 1. The van der Waals surface area contributed by atoms with Gasteiger partial charge in [-0.05, 0) is 46.0 Å². The summed E-state index contributed by atoms with van der Waals surface area (Å²) in [5.41, 5.74) is 0.959. The normalized spacial score (nSPS) is 19.8. The lowest BCUT2D eigenvalue weighted by atomic mass is 10.0. The highest BCUT2D eigenvalue weighted by molar-refractivity contribution is 5.99. The number of likely N-dealkylation sites (N-methyl/N-ethyl adjacent to an activating group) is 1. The summed E-state index contributed by atoms with van der Waals surface area (Å²) in [4.78, 5) is 15.9. The molecule has 1 atom stereocenters. The molecule has 104 valence electrons. The van der Waals surface area contributed by atoms with Gasteiger partial charge in [0.25, 0.3) is 0 Å². The van der Waals surface area contributed by atoms with Crippen LogP contribution in [0.3, 0.4) is 0 Å². The van der Waals surface area contributed by atoms with Crippen LogP contribution in [0.2, 0.25) is 0 Å². The largest absolute Gasteiger partial charge is 0.367 e. The summed E-state index contributed by atoms with van der Waals surface area (Å²) in [6, 6.07) is 5.15. The van der Waals surface area contributed by atoms with E-state index in [1.807, 2.05) is 19.0 Å². The second kappa shape index (κ2) is 5.70. The Morgan fingerprint density at radius 1 is 1.42 bits per heavy atom. The summed E-state index contributed by atoms with van der Waals surface area (Å²) >= 11 is 0. The Labute approximate surface area is 114 Å². The van der Waals surface area contributed by atoms with Crippen LogP contribution in [-0.2, 0) is 0 Å². The number of anilines is 1. The fraction of sp³-hybridized carbons (Fsp3) is 0.533. The fourth-order valence-electron chi connectivity index (χ4n) is 2.70. The Balaban J connectivity index is 2.33. The van der Waals surface area contributed by atoms with Gasteiger partial charge in [-0.2, -0.15) is 0 Å². The molecule has 1 aromatic carbocycles. The highest BCUT2D eigenvalue weighted by Gasteiger charge is 2.25. The second-order valence-corrected chi connectivity index (χ2v) is 5.40. The van der Waals surface area contributed by atoms with Crippen molar-refractivity contribution in [2.24, 2.45) is 0 Å². The van der Waals surface area contributed by atoms with Crippen LogP contribution in [0.5, 0.6) is 0 Å². The molecule has 1 aliphatic heterocycles. The third kappa shape index (κ3) is 2.95. The van der Waals surface area contributed by atoms with Crippen molar-refractivity contribution in [1.29, 1.82) is 0 Å². The van der Waals surface area contributed by atoms with Gasteiger partial charge in [0.05, 0.1) is 5.69 Å².